The average Bonchev–Trinajstić information content (AvgIpc) is 3.58. The number of ether oxygens (including phenoxy) is 4. The summed E-state index contributed by atoms with van der Waals surface area (Å²) in [6, 6.07) is 3.24. The predicted octanol–water partition coefficient (Wildman–Crippen LogP) is 3.38. The number of carbonyl (C=O) groups excluding carboxylic acids is 3. The molecule has 1 aromatic carbocycles. The first kappa shape index (κ1) is 30.8. The van der Waals surface area contributed by atoms with Gasteiger partial charge < -0.3 is 34.1 Å². The van der Waals surface area contributed by atoms with Crippen molar-refractivity contribution in [1.29, 1.82) is 0 Å². The fourth-order valence-corrected chi connectivity index (χ4v) is 5.91. The van der Waals surface area contributed by atoms with Crippen molar-refractivity contribution in [3.63, 3.8) is 0 Å². The quantitative estimate of drug-likeness (QED) is 0.347. The van der Waals surface area contributed by atoms with Crippen LogP contribution in [0.15, 0.2) is 35.9 Å². The molecule has 3 heterocycles. The zero-order chi connectivity index (χ0) is 30.3. The van der Waals surface area contributed by atoms with Gasteiger partial charge in [-0.1, -0.05) is 42.3 Å². The summed E-state index contributed by atoms with van der Waals surface area (Å²) >= 11 is 6.40. The average molecular weight is 593 g/mol. The van der Waals surface area contributed by atoms with Gasteiger partial charge in [0.1, 0.15) is 34.7 Å². The van der Waals surface area contributed by atoms with Crippen LogP contribution < -0.4 is 10.2 Å². The van der Waals surface area contributed by atoms with Gasteiger partial charge in [0.2, 0.25) is 5.91 Å². The van der Waals surface area contributed by atoms with E-state index in [0.29, 0.717) is 17.7 Å². The van der Waals surface area contributed by atoms with Gasteiger partial charge in [0, 0.05) is 33.4 Å². The number of carbonyl (C=O) groups is 3. The van der Waals surface area contributed by atoms with Gasteiger partial charge in [-0.25, -0.2) is 4.79 Å². The van der Waals surface area contributed by atoms with Crippen molar-refractivity contribution in [2.24, 2.45) is 5.92 Å². The molecule has 2 amide bonds. The highest BCUT2D eigenvalue weighted by Gasteiger charge is 2.64. The number of aliphatic hydroxyl groups is 1. The highest BCUT2D eigenvalue weighted by atomic mass is 35.5. The molecule has 4 rings (SSSR count). The lowest BCUT2D eigenvalue weighted by atomic mass is 9.83. The Morgan fingerprint density at radius 1 is 1.29 bits per heavy atom. The molecule has 1 aromatic rings. The molecule has 0 aliphatic carbocycles. The van der Waals surface area contributed by atoms with Gasteiger partial charge in [0.25, 0.3) is 0 Å². The van der Waals surface area contributed by atoms with Crippen LogP contribution in [0, 0.1) is 5.92 Å². The van der Waals surface area contributed by atoms with Gasteiger partial charge in [0.05, 0.1) is 18.2 Å². The fourth-order valence-electron chi connectivity index (χ4n) is 5.67. The van der Waals surface area contributed by atoms with Crippen molar-refractivity contribution in [2.75, 3.05) is 19.1 Å². The second kappa shape index (κ2) is 11.6. The highest BCUT2D eigenvalue weighted by molar-refractivity contribution is 6.35. The Kier molecular flexibility index (Phi) is 8.75. The first-order valence-corrected chi connectivity index (χ1v) is 13.8. The summed E-state index contributed by atoms with van der Waals surface area (Å²) < 4.78 is 22.7. The van der Waals surface area contributed by atoms with Crippen LogP contribution in [-0.4, -0.2) is 78.1 Å². The summed E-state index contributed by atoms with van der Waals surface area (Å²) in [4.78, 5) is 39.4. The summed E-state index contributed by atoms with van der Waals surface area (Å²) in [5, 5.41) is 24.5. The zero-order valence-corrected chi connectivity index (χ0v) is 24.7. The molecule has 2 fully saturated rings. The zero-order valence-electron chi connectivity index (χ0n) is 24.0. The predicted molar refractivity (Wildman–Crippen MR) is 150 cm³/mol. The molecule has 3 aliphatic rings. The van der Waals surface area contributed by atoms with E-state index in [1.165, 1.54) is 32.0 Å². The van der Waals surface area contributed by atoms with E-state index in [1.807, 2.05) is 13.0 Å². The van der Waals surface area contributed by atoms with E-state index in [1.54, 1.807) is 32.1 Å². The Hall–Kier alpha value is -3.12. The molecule has 3 N–H and O–H groups in total. The number of nitrogens with zero attached hydrogens (tertiary/aromatic N) is 1. The number of hydrogen-bond donors (Lipinski definition) is 3. The molecule has 2 saturated heterocycles. The molecule has 41 heavy (non-hydrogen) atoms. The summed E-state index contributed by atoms with van der Waals surface area (Å²) in [7, 11) is 2.96. The van der Waals surface area contributed by atoms with Crippen LogP contribution in [0.25, 0.3) is 0 Å². The second-order valence-corrected chi connectivity index (χ2v) is 11.6. The summed E-state index contributed by atoms with van der Waals surface area (Å²) in [6.45, 7) is 6.65. The smallest absolute Gasteiger partial charge is 0.409 e. The van der Waals surface area contributed by atoms with Gasteiger partial charge in [-0.2, -0.15) is 0 Å². The number of phenolic OH excluding ortho intramolecular Hbond substituents is 1. The van der Waals surface area contributed by atoms with Crippen LogP contribution in [-0.2, 0) is 35.0 Å². The minimum Gasteiger partial charge on any atom is -0.506 e. The number of esters is 1. The number of benzene rings is 1. The van der Waals surface area contributed by atoms with E-state index in [2.05, 4.69) is 5.32 Å². The molecule has 224 valence electrons. The number of allylic oxidation sites excluding steroid dienone is 3. The van der Waals surface area contributed by atoms with Crippen LogP contribution in [0.2, 0.25) is 5.02 Å². The molecule has 0 saturated carbocycles. The van der Waals surface area contributed by atoms with Crippen molar-refractivity contribution in [2.45, 2.75) is 82.7 Å². The lowest BCUT2D eigenvalue weighted by molar-refractivity contribution is -0.151. The normalized spacial score (nSPS) is 34.2. The summed E-state index contributed by atoms with van der Waals surface area (Å²) in [6.07, 6.45) is 1.31. The lowest BCUT2D eigenvalue weighted by Crippen LogP contribution is -2.63. The largest absolute Gasteiger partial charge is 0.506 e. The molecule has 3 aliphatic heterocycles. The van der Waals surface area contributed by atoms with Crippen LogP contribution in [0.4, 0.5) is 10.5 Å². The Labute approximate surface area is 244 Å². The Bertz CT molecular complexity index is 1280. The van der Waals surface area contributed by atoms with Crippen molar-refractivity contribution in [3.05, 3.63) is 46.5 Å². The van der Waals surface area contributed by atoms with Crippen LogP contribution in [0.5, 0.6) is 5.75 Å². The van der Waals surface area contributed by atoms with Gasteiger partial charge in [-0.3, -0.25) is 14.9 Å². The van der Waals surface area contributed by atoms with Crippen molar-refractivity contribution < 1.29 is 43.5 Å². The van der Waals surface area contributed by atoms with Crippen LogP contribution in [0.3, 0.4) is 0 Å². The third kappa shape index (κ3) is 6.38. The van der Waals surface area contributed by atoms with E-state index in [9.17, 15) is 24.6 Å². The molecule has 0 spiro atoms. The minimum atomic E-state index is -1.78. The molecule has 0 aromatic heterocycles. The number of phenols is 1. The number of halogens is 1. The summed E-state index contributed by atoms with van der Waals surface area (Å²) in [5.41, 5.74) is -0.957. The molecule has 7 atom stereocenters. The number of methoxy groups -OCH3 is 1. The number of epoxide rings is 1. The molecule has 12 heteroatoms. The van der Waals surface area contributed by atoms with Gasteiger partial charge in [-0.05, 0) is 38.0 Å². The molecule has 7 unspecified atom stereocenters. The van der Waals surface area contributed by atoms with Crippen molar-refractivity contribution in [3.8, 4) is 5.75 Å². The number of alkyl carbamates (subject to hydrolysis) is 1. The second-order valence-electron chi connectivity index (χ2n) is 11.2. The van der Waals surface area contributed by atoms with E-state index in [-0.39, 0.29) is 23.6 Å². The van der Waals surface area contributed by atoms with Gasteiger partial charge >= 0.3 is 12.1 Å². The van der Waals surface area contributed by atoms with E-state index in [4.69, 9.17) is 30.5 Å². The number of fused-ring (bicyclic) bond motifs is 5. The van der Waals surface area contributed by atoms with Crippen molar-refractivity contribution >= 4 is 35.3 Å². The Morgan fingerprint density at radius 2 is 2.00 bits per heavy atom. The number of aromatic hydroxyl groups is 1. The molecule has 11 nitrogen and oxygen atoms in total. The fraction of sp³-hybridized carbons (Fsp3) is 0.552. The van der Waals surface area contributed by atoms with Crippen LogP contribution in [0.1, 0.15) is 46.1 Å². The van der Waals surface area contributed by atoms with E-state index < -0.39 is 59.6 Å². The van der Waals surface area contributed by atoms with Crippen LogP contribution >= 0.6 is 11.6 Å². The highest BCUT2D eigenvalue weighted by Crippen LogP contribution is 2.49. The minimum absolute atomic E-state index is 0.00903. The SMILES string of the molecule is COC1C=CC=C(C)Cc2cc(O)c(Cl)c(c2)N(C)C(=O)CC(OC(C)=O)C2(C)OC2C(C)C2CC1(O)NC(=O)O2. The number of hydrogen-bond acceptors (Lipinski definition) is 9. The monoisotopic (exact) mass is 592 g/mol. The van der Waals surface area contributed by atoms with Gasteiger partial charge in [0.15, 0.2) is 5.72 Å². The lowest BCUT2D eigenvalue weighted by Gasteiger charge is -2.42. The van der Waals surface area contributed by atoms with E-state index >= 15 is 0 Å². The third-order valence-electron chi connectivity index (χ3n) is 8.05. The van der Waals surface area contributed by atoms with Crippen molar-refractivity contribution in [1.82, 2.24) is 5.32 Å². The Morgan fingerprint density at radius 3 is 2.66 bits per heavy atom. The molecule has 4 bridgehead atoms. The molecular formula is C29H37ClN2O9. The van der Waals surface area contributed by atoms with Gasteiger partial charge in [-0.15, -0.1) is 0 Å². The standard InChI is InChI=1S/C29H37ClN2O9/c1-15-8-7-9-22(38-6)29(37)14-21(40-27(36)31-29)16(2)26-28(4,41-26)23(39-17(3)33)13-24(35)32(5)19-11-18(10-15)12-20(34)25(19)30/h7-9,11-12,16,21-23,26,34,37H,10,13-14H2,1-6H3,(H,31,36). The first-order chi connectivity index (χ1) is 19.2. The maximum atomic E-state index is 13.5. The van der Waals surface area contributed by atoms with E-state index in [0.717, 1.165) is 5.57 Å². The molecular weight excluding hydrogens is 556 g/mol. The first-order valence-electron chi connectivity index (χ1n) is 13.4. The number of amides is 2. The number of rotatable bonds is 2. The number of anilines is 1. The number of nitrogens with one attached hydrogen (secondary N) is 1. The molecule has 0 radical (unpaired) electrons. The maximum Gasteiger partial charge on any atom is 0.409 e. The third-order valence-corrected chi connectivity index (χ3v) is 8.44. The maximum absolute atomic E-state index is 13.5. The Balaban J connectivity index is 1.77. The topological polar surface area (TPSA) is 147 Å². The summed E-state index contributed by atoms with van der Waals surface area (Å²) in [5.74, 6) is -1.64.